The molecule has 0 amide bonds. The van der Waals surface area contributed by atoms with Gasteiger partial charge < -0.3 is 19.6 Å². The Morgan fingerprint density at radius 3 is 2.71 bits per heavy atom. The highest BCUT2D eigenvalue weighted by atomic mass is 31.2. The molecule has 10 heteroatoms. The summed E-state index contributed by atoms with van der Waals surface area (Å²) >= 11 is 0. The molecule has 0 bridgehead atoms. The van der Waals surface area contributed by atoms with Gasteiger partial charge >= 0.3 is 7.60 Å². The summed E-state index contributed by atoms with van der Waals surface area (Å²) < 4.78 is 16.9. The molecule has 0 aliphatic heterocycles. The number of non-ortho nitro benzene ring substituents is 1. The summed E-state index contributed by atoms with van der Waals surface area (Å²) in [4.78, 5) is 20.0. The number of nitro benzene ring substituents is 1. The molecule has 2 atom stereocenters. The second-order valence-electron chi connectivity index (χ2n) is 4.06. The van der Waals surface area contributed by atoms with Crippen molar-refractivity contribution in [1.82, 2.24) is 5.32 Å². The van der Waals surface area contributed by atoms with E-state index >= 15 is 0 Å². The predicted molar refractivity (Wildman–Crippen MR) is 74.0 cm³/mol. The number of hydrogen-bond donors (Lipinski definition) is 4. The molecule has 0 radical (unpaired) electrons. The normalized spacial score (nSPS) is 15.4. The standard InChI is InChI=1S/C11H17N2O7P/c1-2-20-21(18,19)11(12-5-6-14)9-7-8(13(16)17)3-4-10(9)15/h3-4,7,11-12,14-15H,2,5-6H2,1H3,(H,18,19). The zero-order chi connectivity index (χ0) is 16.0. The van der Waals surface area contributed by atoms with Crippen LogP contribution in [0.2, 0.25) is 0 Å². The van der Waals surface area contributed by atoms with E-state index in [0.29, 0.717) is 0 Å². The third-order valence-corrected chi connectivity index (χ3v) is 4.35. The topological polar surface area (TPSA) is 142 Å². The molecule has 0 aliphatic rings. The monoisotopic (exact) mass is 320 g/mol. The molecule has 0 aromatic heterocycles. The number of aliphatic hydroxyl groups excluding tert-OH is 1. The van der Waals surface area contributed by atoms with E-state index in [2.05, 4.69) is 5.32 Å². The summed E-state index contributed by atoms with van der Waals surface area (Å²) in [6.45, 7) is 1.09. The van der Waals surface area contributed by atoms with E-state index in [1.165, 1.54) is 6.92 Å². The van der Waals surface area contributed by atoms with Crippen LogP contribution in [0.5, 0.6) is 5.75 Å². The molecule has 0 saturated carbocycles. The summed E-state index contributed by atoms with van der Waals surface area (Å²) in [6.07, 6.45) is 0. The number of phenolic OH excluding ortho intramolecular Hbond substituents is 1. The Labute approximate surface area is 120 Å². The summed E-state index contributed by atoms with van der Waals surface area (Å²) in [7, 11) is -4.24. The highest BCUT2D eigenvalue weighted by Crippen LogP contribution is 2.56. The highest BCUT2D eigenvalue weighted by Gasteiger charge is 2.36. The van der Waals surface area contributed by atoms with Crippen LogP contribution in [0.3, 0.4) is 0 Å². The third-order valence-electron chi connectivity index (χ3n) is 2.61. The summed E-state index contributed by atoms with van der Waals surface area (Å²) in [6, 6.07) is 3.13. The van der Waals surface area contributed by atoms with Crippen LogP contribution in [-0.4, -0.2) is 39.8 Å². The van der Waals surface area contributed by atoms with Crippen molar-refractivity contribution in [2.45, 2.75) is 12.7 Å². The molecule has 2 unspecified atom stereocenters. The van der Waals surface area contributed by atoms with Crippen LogP contribution in [0.4, 0.5) is 5.69 Å². The van der Waals surface area contributed by atoms with Gasteiger partial charge in [0.2, 0.25) is 0 Å². The Morgan fingerprint density at radius 2 is 2.19 bits per heavy atom. The van der Waals surface area contributed by atoms with Gasteiger partial charge in [-0.3, -0.25) is 20.0 Å². The minimum absolute atomic E-state index is 0.0512. The SMILES string of the molecule is CCOP(=O)(O)C(NCCO)c1cc([N+](=O)[O-])ccc1O. The minimum Gasteiger partial charge on any atom is -0.508 e. The number of phenols is 1. The molecule has 1 aromatic rings. The largest absolute Gasteiger partial charge is 0.508 e. The first-order valence-corrected chi connectivity index (χ1v) is 7.76. The van der Waals surface area contributed by atoms with E-state index in [9.17, 15) is 24.7 Å². The molecule has 0 saturated heterocycles. The molecule has 118 valence electrons. The second kappa shape index (κ2) is 7.48. The lowest BCUT2D eigenvalue weighted by molar-refractivity contribution is -0.384. The van der Waals surface area contributed by atoms with Crippen LogP contribution in [0.15, 0.2) is 18.2 Å². The average molecular weight is 320 g/mol. The van der Waals surface area contributed by atoms with E-state index in [0.717, 1.165) is 18.2 Å². The second-order valence-corrected chi connectivity index (χ2v) is 5.97. The molecule has 21 heavy (non-hydrogen) atoms. The van der Waals surface area contributed by atoms with Gasteiger partial charge in [0.05, 0.1) is 18.1 Å². The fraction of sp³-hybridized carbons (Fsp3) is 0.455. The van der Waals surface area contributed by atoms with Crippen LogP contribution >= 0.6 is 7.60 Å². The fourth-order valence-corrected chi connectivity index (χ4v) is 3.17. The number of benzene rings is 1. The lowest BCUT2D eigenvalue weighted by Crippen LogP contribution is -2.25. The number of rotatable bonds is 8. The van der Waals surface area contributed by atoms with E-state index in [-0.39, 0.29) is 36.8 Å². The van der Waals surface area contributed by atoms with Crippen LogP contribution in [0.25, 0.3) is 0 Å². The zero-order valence-electron chi connectivity index (χ0n) is 11.3. The molecule has 0 fully saturated rings. The maximum absolute atomic E-state index is 12.2. The molecule has 1 rings (SSSR count). The summed E-state index contributed by atoms with van der Waals surface area (Å²) in [5.41, 5.74) is -0.480. The predicted octanol–water partition coefficient (Wildman–Crippen LogP) is 1.10. The number of nitrogens with zero attached hydrogens (tertiary/aromatic N) is 1. The quantitative estimate of drug-likeness (QED) is 0.317. The van der Waals surface area contributed by atoms with Crippen molar-refractivity contribution < 1.29 is 29.1 Å². The van der Waals surface area contributed by atoms with Crippen LogP contribution in [0, 0.1) is 10.1 Å². The van der Waals surface area contributed by atoms with Crippen LogP contribution < -0.4 is 5.32 Å². The van der Waals surface area contributed by atoms with Gasteiger partial charge in [0.1, 0.15) is 11.5 Å². The molecular weight excluding hydrogens is 303 g/mol. The number of aromatic hydroxyl groups is 1. The van der Waals surface area contributed by atoms with Gasteiger partial charge in [0, 0.05) is 24.2 Å². The molecule has 4 N–H and O–H groups in total. The van der Waals surface area contributed by atoms with Crippen molar-refractivity contribution in [3.05, 3.63) is 33.9 Å². The Kier molecular flexibility index (Phi) is 6.25. The Hall–Kier alpha value is -1.51. The molecule has 9 nitrogen and oxygen atoms in total. The average Bonchev–Trinajstić information content (AvgIpc) is 2.40. The Balaban J connectivity index is 3.28. The minimum atomic E-state index is -4.24. The fourth-order valence-electron chi connectivity index (χ4n) is 1.74. The number of aliphatic hydroxyl groups is 1. The van der Waals surface area contributed by atoms with Gasteiger partial charge in [-0.25, -0.2) is 0 Å². The van der Waals surface area contributed by atoms with E-state index in [4.69, 9.17) is 9.63 Å². The molecular formula is C11H17N2O7P. The van der Waals surface area contributed by atoms with Crippen molar-refractivity contribution in [3.63, 3.8) is 0 Å². The first kappa shape index (κ1) is 17.5. The molecule has 1 aromatic carbocycles. The lowest BCUT2D eigenvalue weighted by Gasteiger charge is -2.24. The molecule has 0 aliphatic carbocycles. The van der Waals surface area contributed by atoms with Crippen molar-refractivity contribution in [1.29, 1.82) is 0 Å². The first-order chi connectivity index (χ1) is 9.83. The maximum Gasteiger partial charge on any atom is 0.349 e. The van der Waals surface area contributed by atoms with Gasteiger partial charge in [-0.2, -0.15) is 0 Å². The van der Waals surface area contributed by atoms with Gasteiger partial charge in [-0.1, -0.05) is 0 Å². The summed E-state index contributed by atoms with van der Waals surface area (Å²) in [5, 5.41) is 32.0. The number of hydrogen-bond acceptors (Lipinski definition) is 7. The Morgan fingerprint density at radius 1 is 1.52 bits per heavy atom. The zero-order valence-corrected chi connectivity index (χ0v) is 12.2. The highest BCUT2D eigenvalue weighted by molar-refractivity contribution is 7.53. The molecule has 0 heterocycles. The van der Waals surface area contributed by atoms with Crippen molar-refractivity contribution in [3.8, 4) is 5.75 Å². The maximum atomic E-state index is 12.2. The number of nitro groups is 1. The summed E-state index contributed by atoms with van der Waals surface area (Å²) in [5.74, 6) is -1.77. The van der Waals surface area contributed by atoms with Gasteiger partial charge in [0.15, 0.2) is 0 Å². The Bertz CT molecular complexity index is 551. The van der Waals surface area contributed by atoms with E-state index in [1.807, 2.05) is 0 Å². The molecule has 0 spiro atoms. The lowest BCUT2D eigenvalue weighted by atomic mass is 10.1. The van der Waals surface area contributed by atoms with Crippen LogP contribution in [0.1, 0.15) is 18.3 Å². The van der Waals surface area contributed by atoms with Gasteiger partial charge in [0.25, 0.3) is 5.69 Å². The van der Waals surface area contributed by atoms with Crippen molar-refractivity contribution in [2.75, 3.05) is 19.8 Å². The van der Waals surface area contributed by atoms with Crippen LogP contribution in [-0.2, 0) is 9.09 Å². The van der Waals surface area contributed by atoms with Crippen molar-refractivity contribution >= 4 is 13.3 Å². The first-order valence-electron chi connectivity index (χ1n) is 6.12. The van der Waals surface area contributed by atoms with Gasteiger partial charge in [-0.15, -0.1) is 0 Å². The van der Waals surface area contributed by atoms with E-state index in [1.54, 1.807) is 0 Å². The van der Waals surface area contributed by atoms with Crippen molar-refractivity contribution in [2.24, 2.45) is 0 Å². The number of nitrogens with one attached hydrogen (secondary N) is 1. The third kappa shape index (κ3) is 4.48. The smallest absolute Gasteiger partial charge is 0.349 e. The van der Waals surface area contributed by atoms with E-state index < -0.39 is 18.3 Å². The van der Waals surface area contributed by atoms with Gasteiger partial charge in [-0.05, 0) is 13.0 Å².